The first-order valence-corrected chi connectivity index (χ1v) is 9.15. The highest BCUT2D eigenvalue weighted by Crippen LogP contribution is 2.51. The van der Waals surface area contributed by atoms with Crippen molar-refractivity contribution in [3.63, 3.8) is 0 Å². The number of hydrogen-bond acceptors (Lipinski definition) is 6. The molecule has 1 amide bonds. The third kappa shape index (κ3) is 2.86. The largest absolute Gasteiger partial charge is 0.381 e. The van der Waals surface area contributed by atoms with Gasteiger partial charge in [-0.2, -0.15) is 0 Å². The second-order valence-electron chi connectivity index (χ2n) is 7.93. The molecule has 4 aliphatic rings. The van der Waals surface area contributed by atoms with Crippen LogP contribution in [0, 0.1) is 23.7 Å². The monoisotopic (exact) mass is 348 g/mol. The van der Waals surface area contributed by atoms with Crippen LogP contribution in [0.25, 0.3) is 0 Å². The van der Waals surface area contributed by atoms with Crippen molar-refractivity contribution in [3.05, 3.63) is 12.7 Å². The molecule has 0 radical (unpaired) electrons. The van der Waals surface area contributed by atoms with E-state index in [1.165, 1.54) is 0 Å². The average molecular weight is 348 g/mol. The Morgan fingerprint density at radius 1 is 1.16 bits per heavy atom. The van der Waals surface area contributed by atoms with Crippen LogP contribution in [0.1, 0.15) is 6.42 Å². The predicted octanol–water partition coefficient (Wildman–Crippen LogP) is -0.195. The van der Waals surface area contributed by atoms with E-state index >= 15 is 0 Å². The first-order valence-electron chi connectivity index (χ1n) is 9.15. The zero-order valence-electron chi connectivity index (χ0n) is 14.2. The van der Waals surface area contributed by atoms with Gasteiger partial charge in [0.2, 0.25) is 5.91 Å². The molecule has 5 rings (SSSR count). The fourth-order valence-corrected chi connectivity index (χ4v) is 4.79. The van der Waals surface area contributed by atoms with Crippen LogP contribution < -0.4 is 0 Å². The standard InChI is InChI=1S/C17H24N4O4/c22-16(15-13-6-24-7-14(13)15)21-1-2-23-9-17(8-21)3-12(5-25-17)4-20-10-18-19-11-20/h10-15H,1-9H2/t12?,13-,14+,15?,17?. The summed E-state index contributed by atoms with van der Waals surface area (Å²) in [7, 11) is 0. The van der Waals surface area contributed by atoms with Gasteiger partial charge in [0, 0.05) is 24.9 Å². The number of rotatable bonds is 3. The number of carbonyl (C=O) groups is 1. The van der Waals surface area contributed by atoms with Crippen molar-refractivity contribution < 1.29 is 19.0 Å². The van der Waals surface area contributed by atoms with E-state index in [2.05, 4.69) is 10.2 Å². The Morgan fingerprint density at radius 3 is 2.76 bits per heavy atom. The summed E-state index contributed by atoms with van der Waals surface area (Å²) in [6, 6.07) is 0. The fraction of sp³-hybridized carbons (Fsp3) is 0.824. The summed E-state index contributed by atoms with van der Waals surface area (Å²) in [6.07, 6.45) is 4.37. The molecule has 1 aliphatic carbocycles. The molecule has 8 nitrogen and oxygen atoms in total. The summed E-state index contributed by atoms with van der Waals surface area (Å²) in [5.41, 5.74) is -0.370. The number of hydrogen-bond donors (Lipinski definition) is 0. The maximum absolute atomic E-state index is 12.9. The zero-order valence-corrected chi connectivity index (χ0v) is 14.2. The maximum Gasteiger partial charge on any atom is 0.226 e. The smallest absolute Gasteiger partial charge is 0.226 e. The lowest BCUT2D eigenvalue weighted by Gasteiger charge is -2.31. The highest BCUT2D eigenvalue weighted by molar-refractivity contribution is 5.82. The SMILES string of the molecule is O=C(C1[C@H]2COC[C@@H]12)N1CCOCC2(CC(Cn3cnnc3)CO2)C1. The van der Waals surface area contributed by atoms with Crippen molar-refractivity contribution in [3.8, 4) is 0 Å². The molecule has 1 spiro atoms. The molecule has 3 aliphatic heterocycles. The summed E-state index contributed by atoms with van der Waals surface area (Å²) in [5.74, 6) is 1.72. The number of aromatic nitrogens is 3. The van der Waals surface area contributed by atoms with Crippen LogP contribution in [0.5, 0.6) is 0 Å². The summed E-state index contributed by atoms with van der Waals surface area (Å²) < 4.78 is 19.4. The molecule has 4 heterocycles. The van der Waals surface area contributed by atoms with E-state index in [-0.39, 0.29) is 17.4 Å². The van der Waals surface area contributed by atoms with Crippen LogP contribution in [-0.4, -0.2) is 77.3 Å². The number of carbonyl (C=O) groups excluding carboxylic acids is 1. The molecule has 3 saturated heterocycles. The third-order valence-electron chi connectivity index (χ3n) is 6.12. The van der Waals surface area contributed by atoms with Gasteiger partial charge in [0.05, 0.1) is 39.6 Å². The van der Waals surface area contributed by atoms with Gasteiger partial charge in [0.15, 0.2) is 0 Å². The van der Waals surface area contributed by atoms with E-state index in [0.717, 1.165) is 26.2 Å². The molecule has 4 fully saturated rings. The van der Waals surface area contributed by atoms with Crippen molar-refractivity contribution >= 4 is 5.91 Å². The van der Waals surface area contributed by atoms with Crippen molar-refractivity contribution in [1.82, 2.24) is 19.7 Å². The van der Waals surface area contributed by atoms with Gasteiger partial charge < -0.3 is 23.7 Å². The van der Waals surface area contributed by atoms with Crippen LogP contribution in [0.15, 0.2) is 12.7 Å². The van der Waals surface area contributed by atoms with Gasteiger partial charge in [-0.05, 0) is 18.3 Å². The van der Waals surface area contributed by atoms with Crippen LogP contribution in [-0.2, 0) is 25.5 Å². The first-order chi connectivity index (χ1) is 12.2. The Labute approximate surface area is 146 Å². The Hall–Kier alpha value is -1.51. The van der Waals surface area contributed by atoms with Crippen LogP contribution in [0.4, 0.5) is 0 Å². The van der Waals surface area contributed by atoms with Gasteiger partial charge in [-0.15, -0.1) is 10.2 Å². The van der Waals surface area contributed by atoms with Crippen molar-refractivity contribution in [2.75, 3.05) is 46.1 Å². The molecule has 0 aromatic carbocycles. The topological polar surface area (TPSA) is 78.7 Å². The zero-order chi connectivity index (χ0) is 16.9. The van der Waals surface area contributed by atoms with Crippen LogP contribution in [0.3, 0.4) is 0 Å². The summed E-state index contributed by atoms with van der Waals surface area (Å²) in [5, 5.41) is 7.71. The number of fused-ring (bicyclic) bond motifs is 1. The summed E-state index contributed by atoms with van der Waals surface area (Å²) in [4.78, 5) is 14.9. The van der Waals surface area contributed by atoms with E-state index in [9.17, 15) is 4.79 Å². The van der Waals surface area contributed by atoms with Crippen molar-refractivity contribution in [2.24, 2.45) is 23.7 Å². The average Bonchev–Trinajstić information content (AvgIpc) is 3.01. The van der Waals surface area contributed by atoms with Gasteiger partial charge in [0.1, 0.15) is 18.3 Å². The molecule has 3 unspecified atom stereocenters. The normalized spacial score (nSPS) is 40.2. The highest BCUT2D eigenvalue weighted by Gasteiger charge is 2.59. The van der Waals surface area contributed by atoms with Gasteiger partial charge in [0.25, 0.3) is 0 Å². The molecule has 5 atom stereocenters. The minimum Gasteiger partial charge on any atom is -0.381 e. The predicted molar refractivity (Wildman–Crippen MR) is 85.5 cm³/mol. The second-order valence-corrected chi connectivity index (χ2v) is 7.93. The van der Waals surface area contributed by atoms with Crippen LogP contribution in [0.2, 0.25) is 0 Å². The van der Waals surface area contributed by atoms with E-state index in [4.69, 9.17) is 14.2 Å². The third-order valence-corrected chi connectivity index (χ3v) is 6.12. The van der Waals surface area contributed by atoms with E-state index in [1.807, 2.05) is 9.47 Å². The molecule has 0 bridgehead atoms. The lowest BCUT2D eigenvalue weighted by Crippen LogP contribution is -2.47. The van der Waals surface area contributed by atoms with E-state index in [1.54, 1.807) is 12.7 Å². The number of amides is 1. The quantitative estimate of drug-likeness (QED) is 0.753. The number of ether oxygens (including phenoxy) is 3. The van der Waals surface area contributed by atoms with E-state index in [0.29, 0.717) is 50.7 Å². The van der Waals surface area contributed by atoms with Gasteiger partial charge in [-0.1, -0.05) is 0 Å². The molecule has 1 aromatic rings. The minimum atomic E-state index is -0.370. The summed E-state index contributed by atoms with van der Waals surface area (Å²) >= 11 is 0. The maximum atomic E-state index is 12.9. The minimum absolute atomic E-state index is 0.165. The lowest BCUT2D eigenvalue weighted by molar-refractivity contribution is -0.137. The highest BCUT2D eigenvalue weighted by atomic mass is 16.5. The molecule has 136 valence electrons. The Balaban J connectivity index is 1.25. The molecule has 25 heavy (non-hydrogen) atoms. The number of nitrogens with zero attached hydrogens (tertiary/aromatic N) is 4. The Kier molecular flexibility index (Phi) is 3.79. The fourth-order valence-electron chi connectivity index (χ4n) is 4.79. The molecular formula is C17H24N4O4. The molecule has 1 aromatic heterocycles. The molecule has 1 saturated carbocycles. The van der Waals surface area contributed by atoms with Crippen LogP contribution >= 0.6 is 0 Å². The molecular weight excluding hydrogens is 324 g/mol. The Bertz CT molecular complexity index is 629. The van der Waals surface area contributed by atoms with Gasteiger partial charge in [-0.3, -0.25) is 4.79 Å². The first kappa shape index (κ1) is 15.7. The second kappa shape index (κ2) is 6.03. The van der Waals surface area contributed by atoms with Crippen molar-refractivity contribution in [1.29, 1.82) is 0 Å². The van der Waals surface area contributed by atoms with E-state index < -0.39 is 0 Å². The Morgan fingerprint density at radius 2 is 1.96 bits per heavy atom. The van der Waals surface area contributed by atoms with Crippen molar-refractivity contribution in [2.45, 2.75) is 18.6 Å². The van der Waals surface area contributed by atoms with Gasteiger partial charge >= 0.3 is 0 Å². The molecule has 0 N–H and O–H groups in total. The van der Waals surface area contributed by atoms with Gasteiger partial charge in [-0.25, -0.2) is 0 Å². The summed E-state index contributed by atoms with van der Waals surface area (Å²) in [6.45, 7) is 5.47. The lowest BCUT2D eigenvalue weighted by atomic mass is 9.94. The molecule has 8 heteroatoms.